The number of anilines is 1. The summed E-state index contributed by atoms with van der Waals surface area (Å²) in [5, 5.41) is 11.3. The molecule has 0 saturated carbocycles. The van der Waals surface area contributed by atoms with Gasteiger partial charge in [0.2, 0.25) is 0 Å². The molecule has 2 heterocycles. The van der Waals surface area contributed by atoms with E-state index in [4.69, 9.17) is 4.42 Å². The summed E-state index contributed by atoms with van der Waals surface area (Å²) in [7, 11) is 1.93. The van der Waals surface area contributed by atoms with Crippen LogP contribution in [0.2, 0.25) is 0 Å². The van der Waals surface area contributed by atoms with Crippen LogP contribution < -0.4 is 5.32 Å². The molecule has 0 aliphatic carbocycles. The van der Waals surface area contributed by atoms with Crippen LogP contribution in [-0.2, 0) is 13.6 Å². The van der Waals surface area contributed by atoms with Gasteiger partial charge in [-0.15, -0.1) is 10.2 Å². The second kappa shape index (κ2) is 5.50. The van der Waals surface area contributed by atoms with Crippen molar-refractivity contribution in [1.29, 1.82) is 0 Å². The Labute approximate surface area is 124 Å². The van der Waals surface area contributed by atoms with Gasteiger partial charge < -0.3 is 14.3 Å². The molecule has 3 rings (SSSR count). The highest BCUT2D eigenvalue weighted by atomic mass is 79.9. The number of nitrogens with one attached hydrogen (secondary N) is 1. The predicted molar refractivity (Wildman–Crippen MR) is 80.2 cm³/mol. The number of aryl methyl sites for hydroxylation is 1. The molecule has 1 N–H and O–H groups in total. The molecule has 0 radical (unpaired) electrons. The summed E-state index contributed by atoms with van der Waals surface area (Å²) in [4.78, 5) is 0. The molecule has 3 aromatic rings. The normalized spacial score (nSPS) is 10.7. The number of nitrogens with zero attached hydrogens (tertiary/aromatic N) is 3. The first-order chi connectivity index (χ1) is 9.74. The van der Waals surface area contributed by atoms with E-state index < -0.39 is 0 Å². The number of halogens is 1. The van der Waals surface area contributed by atoms with E-state index in [0.29, 0.717) is 6.54 Å². The van der Waals surface area contributed by atoms with Crippen LogP contribution in [0.1, 0.15) is 5.76 Å². The van der Waals surface area contributed by atoms with Crippen molar-refractivity contribution in [3.8, 4) is 11.4 Å². The molecule has 102 valence electrons. The molecule has 20 heavy (non-hydrogen) atoms. The van der Waals surface area contributed by atoms with Gasteiger partial charge in [0.05, 0.1) is 17.3 Å². The fourth-order valence-corrected chi connectivity index (χ4v) is 2.29. The molecule has 0 saturated heterocycles. The Balaban J connectivity index is 1.78. The highest BCUT2D eigenvalue weighted by molar-refractivity contribution is 9.10. The van der Waals surface area contributed by atoms with E-state index in [1.54, 1.807) is 12.6 Å². The SMILES string of the molecule is Cn1cnnc1-c1cccc(NCc2occc2Br)c1. The maximum absolute atomic E-state index is 5.37. The second-order valence-corrected chi connectivity index (χ2v) is 5.25. The molecule has 0 unspecified atom stereocenters. The molecule has 6 heteroatoms. The third-order valence-corrected chi connectivity index (χ3v) is 3.68. The summed E-state index contributed by atoms with van der Waals surface area (Å²) in [5.74, 6) is 1.71. The first-order valence-electron chi connectivity index (χ1n) is 6.14. The molecule has 0 bridgehead atoms. The van der Waals surface area contributed by atoms with Crippen LogP contribution in [0, 0.1) is 0 Å². The van der Waals surface area contributed by atoms with Crippen LogP contribution >= 0.6 is 15.9 Å². The van der Waals surface area contributed by atoms with Gasteiger partial charge in [-0.3, -0.25) is 0 Å². The van der Waals surface area contributed by atoms with Crippen molar-refractivity contribution in [3.63, 3.8) is 0 Å². The fraction of sp³-hybridized carbons (Fsp3) is 0.143. The zero-order valence-corrected chi connectivity index (χ0v) is 12.5. The Morgan fingerprint density at radius 3 is 2.95 bits per heavy atom. The minimum absolute atomic E-state index is 0.621. The Bertz CT molecular complexity index is 719. The van der Waals surface area contributed by atoms with Gasteiger partial charge in [0.15, 0.2) is 5.82 Å². The highest BCUT2D eigenvalue weighted by Crippen LogP contribution is 2.22. The number of benzene rings is 1. The summed E-state index contributed by atoms with van der Waals surface area (Å²) in [6.45, 7) is 0.621. The quantitative estimate of drug-likeness (QED) is 0.795. The largest absolute Gasteiger partial charge is 0.466 e. The lowest BCUT2D eigenvalue weighted by Crippen LogP contribution is -1.99. The van der Waals surface area contributed by atoms with Crippen LogP contribution in [0.15, 0.2) is 51.8 Å². The number of furan rings is 1. The van der Waals surface area contributed by atoms with Crippen LogP contribution in [0.3, 0.4) is 0 Å². The zero-order chi connectivity index (χ0) is 13.9. The topological polar surface area (TPSA) is 55.9 Å². The molecule has 0 fully saturated rings. The average Bonchev–Trinajstić information content (AvgIpc) is 3.05. The Morgan fingerprint density at radius 1 is 1.35 bits per heavy atom. The van der Waals surface area contributed by atoms with Crippen LogP contribution in [0.25, 0.3) is 11.4 Å². The van der Waals surface area contributed by atoms with E-state index in [-0.39, 0.29) is 0 Å². The van der Waals surface area contributed by atoms with Crippen molar-refractivity contribution < 1.29 is 4.42 Å². The van der Waals surface area contributed by atoms with E-state index in [1.165, 1.54) is 0 Å². The third kappa shape index (κ3) is 2.60. The molecule has 0 aliphatic rings. The average molecular weight is 333 g/mol. The lowest BCUT2D eigenvalue weighted by atomic mass is 10.2. The number of aromatic nitrogens is 3. The summed E-state index contributed by atoms with van der Waals surface area (Å²) >= 11 is 3.44. The van der Waals surface area contributed by atoms with Crippen molar-refractivity contribution in [1.82, 2.24) is 14.8 Å². The molecule has 0 amide bonds. The van der Waals surface area contributed by atoms with Gasteiger partial charge >= 0.3 is 0 Å². The van der Waals surface area contributed by atoms with Gasteiger partial charge in [-0.1, -0.05) is 12.1 Å². The molecule has 5 nitrogen and oxygen atoms in total. The van der Waals surface area contributed by atoms with Crippen molar-refractivity contribution in [2.24, 2.45) is 7.05 Å². The lowest BCUT2D eigenvalue weighted by Gasteiger charge is -2.07. The molecule has 2 aromatic heterocycles. The molecule has 1 aromatic carbocycles. The second-order valence-electron chi connectivity index (χ2n) is 4.39. The number of hydrogen-bond acceptors (Lipinski definition) is 4. The molecule has 0 aliphatic heterocycles. The Kier molecular flexibility index (Phi) is 3.56. The lowest BCUT2D eigenvalue weighted by molar-refractivity contribution is 0.516. The van der Waals surface area contributed by atoms with Gasteiger partial charge in [0, 0.05) is 18.3 Å². The third-order valence-electron chi connectivity index (χ3n) is 2.98. The maximum atomic E-state index is 5.37. The van der Waals surface area contributed by atoms with Crippen LogP contribution in [0.4, 0.5) is 5.69 Å². The van der Waals surface area contributed by atoms with E-state index in [1.807, 2.05) is 41.9 Å². The van der Waals surface area contributed by atoms with Crippen molar-refractivity contribution in [2.75, 3.05) is 5.32 Å². The van der Waals surface area contributed by atoms with Gasteiger partial charge in [-0.25, -0.2) is 0 Å². The summed E-state index contributed by atoms with van der Waals surface area (Å²) < 4.78 is 8.23. The number of hydrogen-bond donors (Lipinski definition) is 1. The highest BCUT2D eigenvalue weighted by Gasteiger charge is 2.06. The van der Waals surface area contributed by atoms with E-state index >= 15 is 0 Å². The van der Waals surface area contributed by atoms with Crippen molar-refractivity contribution >= 4 is 21.6 Å². The van der Waals surface area contributed by atoms with Crippen molar-refractivity contribution in [3.05, 3.63) is 53.2 Å². The van der Waals surface area contributed by atoms with Crippen LogP contribution in [-0.4, -0.2) is 14.8 Å². The smallest absolute Gasteiger partial charge is 0.163 e. The fourth-order valence-electron chi connectivity index (χ4n) is 1.95. The van der Waals surface area contributed by atoms with E-state index in [9.17, 15) is 0 Å². The van der Waals surface area contributed by atoms with Gasteiger partial charge in [-0.05, 0) is 34.1 Å². The van der Waals surface area contributed by atoms with E-state index in [2.05, 4.69) is 31.4 Å². The van der Waals surface area contributed by atoms with Crippen LogP contribution in [0.5, 0.6) is 0 Å². The first-order valence-corrected chi connectivity index (χ1v) is 6.93. The summed E-state index contributed by atoms with van der Waals surface area (Å²) in [5.41, 5.74) is 2.03. The zero-order valence-electron chi connectivity index (χ0n) is 10.9. The minimum Gasteiger partial charge on any atom is -0.466 e. The predicted octanol–water partition coefficient (Wildman–Crippen LogP) is 3.45. The van der Waals surface area contributed by atoms with Gasteiger partial charge in [0.1, 0.15) is 12.1 Å². The monoisotopic (exact) mass is 332 g/mol. The Morgan fingerprint density at radius 2 is 2.25 bits per heavy atom. The first kappa shape index (κ1) is 12.9. The standard InChI is InChI=1S/C14H13BrN4O/c1-19-9-17-18-14(19)10-3-2-4-11(7-10)16-8-13-12(15)5-6-20-13/h2-7,9,16H,8H2,1H3. The molecular formula is C14H13BrN4O. The van der Waals surface area contributed by atoms with Gasteiger partial charge in [0.25, 0.3) is 0 Å². The summed E-state index contributed by atoms with van der Waals surface area (Å²) in [6.07, 6.45) is 3.35. The van der Waals surface area contributed by atoms with Gasteiger partial charge in [-0.2, -0.15) is 0 Å². The molecule has 0 spiro atoms. The number of rotatable bonds is 4. The summed E-state index contributed by atoms with van der Waals surface area (Å²) in [6, 6.07) is 9.94. The van der Waals surface area contributed by atoms with E-state index in [0.717, 1.165) is 27.3 Å². The van der Waals surface area contributed by atoms with Crippen molar-refractivity contribution in [2.45, 2.75) is 6.54 Å². The minimum atomic E-state index is 0.621. The Hall–Kier alpha value is -2.08. The molecule has 0 atom stereocenters. The molecular weight excluding hydrogens is 320 g/mol. The maximum Gasteiger partial charge on any atom is 0.163 e.